The molecule has 7 heteroatoms. The van der Waals surface area contributed by atoms with Gasteiger partial charge in [0, 0.05) is 23.5 Å². The van der Waals surface area contributed by atoms with Crippen molar-refractivity contribution in [2.45, 2.75) is 84.3 Å². The van der Waals surface area contributed by atoms with Gasteiger partial charge in [0.1, 0.15) is 4.83 Å². The first-order valence-electron chi connectivity index (χ1n) is 11.4. The first kappa shape index (κ1) is 21.5. The number of nitrogens with zero attached hydrogens (tertiary/aromatic N) is 4. The maximum Gasteiger partial charge on any atom is 0.262 e. The molecule has 4 rings (SSSR count). The summed E-state index contributed by atoms with van der Waals surface area (Å²) in [6.45, 7) is 10.6. The molecule has 164 valence electrons. The number of likely N-dealkylation sites (tertiary alicyclic amines) is 2. The van der Waals surface area contributed by atoms with Crippen molar-refractivity contribution >= 4 is 27.5 Å². The van der Waals surface area contributed by atoms with Crippen LogP contribution in [0.5, 0.6) is 0 Å². The number of aryl methyl sites for hydroxylation is 2. The fourth-order valence-corrected chi connectivity index (χ4v) is 6.52. The maximum absolute atomic E-state index is 13.3. The van der Waals surface area contributed by atoms with Crippen molar-refractivity contribution in [2.75, 3.05) is 19.6 Å². The van der Waals surface area contributed by atoms with Gasteiger partial charge in [-0.05, 0) is 71.4 Å². The first-order valence-corrected chi connectivity index (χ1v) is 12.2. The molecule has 0 N–H and O–H groups in total. The van der Waals surface area contributed by atoms with Crippen LogP contribution in [0, 0.1) is 6.92 Å². The van der Waals surface area contributed by atoms with Crippen LogP contribution in [0.4, 0.5) is 0 Å². The zero-order valence-corrected chi connectivity index (χ0v) is 19.5. The second-order valence-electron chi connectivity index (χ2n) is 9.09. The lowest BCUT2D eigenvalue weighted by Crippen LogP contribution is -2.52. The molecule has 0 saturated carbocycles. The summed E-state index contributed by atoms with van der Waals surface area (Å²) in [5, 5.41) is 0.798. The van der Waals surface area contributed by atoms with E-state index in [1.807, 2.05) is 4.57 Å². The lowest BCUT2D eigenvalue weighted by Gasteiger charge is -2.41. The first-order chi connectivity index (χ1) is 14.4. The van der Waals surface area contributed by atoms with Gasteiger partial charge in [0.05, 0.1) is 24.3 Å². The van der Waals surface area contributed by atoms with Crippen LogP contribution >= 0.6 is 11.3 Å². The number of piperidine rings is 2. The second kappa shape index (κ2) is 8.79. The molecule has 6 nitrogen and oxygen atoms in total. The highest BCUT2D eigenvalue weighted by Crippen LogP contribution is 2.29. The van der Waals surface area contributed by atoms with Gasteiger partial charge in [-0.25, -0.2) is 4.98 Å². The van der Waals surface area contributed by atoms with Crippen molar-refractivity contribution in [1.82, 2.24) is 19.4 Å². The van der Waals surface area contributed by atoms with Crippen LogP contribution in [-0.4, -0.2) is 57.0 Å². The molecule has 2 saturated heterocycles. The summed E-state index contributed by atoms with van der Waals surface area (Å²) < 4.78 is 1.83. The SMILES string of the molecule is CCc1c(C)sc2ncn([C@@H]3CCCN(CC(=O)N4[C@H](C)CCC[C@@H]4C)C3)c(=O)c12. The molecule has 2 aromatic heterocycles. The van der Waals surface area contributed by atoms with Gasteiger partial charge in [0.25, 0.3) is 5.56 Å². The molecule has 2 fully saturated rings. The summed E-state index contributed by atoms with van der Waals surface area (Å²) in [6.07, 6.45) is 7.93. The smallest absolute Gasteiger partial charge is 0.262 e. The fourth-order valence-electron chi connectivity index (χ4n) is 5.44. The molecule has 0 unspecified atom stereocenters. The average Bonchev–Trinajstić information content (AvgIpc) is 3.04. The van der Waals surface area contributed by atoms with E-state index in [0.717, 1.165) is 61.0 Å². The lowest BCUT2D eigenvalue weighted by atomic mass is 9.97. The van der Waals surface area contributed by atoms with Crippen molar-refractivity contribution < 1.29 is 4.79 Å². The van der Waals surface area contributed by atoms with Crippen molar-refractivity contribution in [3.8, 4) is 0 Å². The summed E-state index contributed by atoms with van der Waals surface area (Å²) in [4.78, 5) is 37.4. The number of hydrogen-bond donors (Lipinski definition) is 0. The molecule has 4 heterocycles. The van der Waals surface area contributed by atoms with Gasteiger partial charge >= 0.3 is 0 Å². The predicted molar refractivity (Wildman–Crippen MR) is 122 cm³/mol. The highest BCUT2D eigenvalue weighted by molar-refractivity contribution is 7.18. The van der Waals surface area contributed by atoms with Crippen molar-refractivity contribution in [2.24, 2.45) is 0 Å². The van der Waals surface area contributed by atoms with Crippen molar-refractivity contribution in [3.05, 3.63) is 27.1 Å². The summed E-state index contributed by atoms with van der Waals surface area (Å²) >= 11 is 1.61. The van der Waals surface area contributed by atoms with E-state index in [0.29, 0.717) is 18.6 Å². The fraction of sp³-hybridized carbons (Fsp3) is 0.696. The van der Waals surface area contributed by atoms with Crippen LogP contribution in [-0.2, 0) is 11.2 Å². The van der Waals surface area contributed by atoms with E-state index in [-0.39, 0.29) is 17.5 Å². The Bertz CT molecular complexity index is 971. The summed E-state index contributed by atoms with van der Waals surface area (Å²) in [7, 11) is 0. The Kier molecular flexibility index (Phi) is 6.30. The molecular weight excluding hydrogens is 396 g/mol. The minimum atomic E-state index is 0.0806. The Morgan fingerprint density at radius 3 is 2.63 bits per heavy atom. The molecule has 0 aromatic carbocycles. The topological polar surface area (TPSA) is 58.4 Å². The molecule has 0 spiro atoms. The van der Waals surface area contributed by atoms with Crippen molar-refractivity contribution in [1.29, 1.82) is 0 Å². The second-order valence-corrected chi connectivity index (χ2v) is 10.3. The molecular formula is C23H34N4O2S. The quantitative estimate of drug-likeness (QED) is 0.741. The van der Waals surface area contributed by atoms with Crippen LogP contribution in [0.1, 0.15) is 69.4 Å². The van der Waals surface area contributed by atoms with E-state index in [4.69, 9.17) is 0 Å². The standard InChI is InChI=1S/C23H34N4O2S/c1-5-19-17(4)30-22-21(19)23(29)26(14-24-22)18-10-7-11-25(12-18)13-20(28)27-15(2)8-6-9-16(27)3/h14-16,18H,5-13H2,1-4H3/t15-,16+,18-/m1/s1. The zero-order chi connectivity index (χ0) is 21.4. The lowest BCUT2D eigenvalue weighted by molar-refractivity contribution is -0.138. The average molecular weight is 431 g/mol. The molecule has 1 amide bonds. The minimum absolute atomic E-state index is 0.0806. The molecule has 2 aromatic rings. The zero-order valence-electron chi connectivity index (χ0n) is 18.7. The van der Waals surface area contributed by atoms with Crippen molar-refractivity contribution in [3.63, 3.8) is 0 Å². The Morgan fingerprint density at radius 1 is 1.20 bits per heavy atom. The van der Waals surface area contributed by atoms with Gasteiger partial charge in [-0.2, -0.15) is 0 Å². The Morgan fingerprint density at radius 2 is 1.93 bits per heavy atom. The van der Waals surface area contributed by atoms with E-state index >= 15 is 0 Å². The third-order valence-corrected chi connectivity index (χ3v) is 8.06. The Hall–Kier alpha value is -1.73. The number of fused-ring (bicyclic) bond motifs is 1. The van der Waals surface area contributed by atoms with Crippen LogP contribution in [0.15, 0.2) is 11.1 Å². The third-order valence-electron chi connectivity index (χ3n) is 7.01. The largest absolute Gasteiger partial charge is 0.336 e. The van der Waals surface area contributed by atoms with E-state index in [1.54, 1.807) is 17.7 Å². The van der Waals surface area contributed by atoms with E-state index < -0.39 is 0 Å². The predicted octanol–water partition coefficient (Wildman–Crippen LogP) is 3.76. The normalized spacial score (nSPS) is 25.7. The molecule has 2 aliphatic rings. The maximum atomic E-state index is 13.3. The van der Waals surface area contributed by atoms with Gasteiger partial charge in [0.15, 0.2) is 0 Å². The molecule has 30 heavy (non-hydrogen) atoms. The molecule has 0 aliphatic carbocycles. The van der Waals surface area contributed by atoms with Crippen LogP contribution < -0.4 is 5.56 Å². The van der Waals surface area contributed by atoms with Gasteiger partial charge in [-0.1, -0.05) is 6.92 Å². The number of carbonyl (C=O) groups is 1. The highest BCUT2D eigenvalue weighted by atomic mass is 32.1. The monoisotopic (exact) mass is 430 g/mol. The summed E-state index contributed by atoms with van der Waals surface area (Å²) in [6, 6.07) is 0.729. The number of thiophene rings is 1. The molecule has 3 atom stereocenters. The summed E-state index contributed by atoms with van der Waals surface area (Å²) in [5.41, 5.74) is 1.22. The number of aromatic nitrogens is 2. The number of rotatable bonds is 4. The number of carbonyl (C=O) groups excluding carboxylic acids is 1. The van der Waals surface area contributed by atoms with Gasteiger partial charge in [-0.3, -0.25) is 19.1 Å². The van der Waals surface area contributed by atoms with E-state index in [9.17, 15) is 9.59 Å². The van der Waals surface area contributed by atoms with Crippen LogP contribution in [0.2, 0.25) is 0 Å². The molecule has 0 radical (unpaired) electrons. The van der Waals surface area contributed by atoms with Crippen LogP contribution in [0.3, 0.4) is 0 Å². The molecule has 2 aliphatic heterocycles. The minimum Gasteiger partial charge on any atom is -0.336 e. The Balaban J connectivity index is 1.52. The highest BCUT2D eigenvalue weighted by Gasteiger charge is 2.31. The van der Waals surface area contributed by atoms with Gasteiger partial charge < -0.3 is 4.90 Å². The van der Waals surface area contributed by atoms with E-state index in [1.165, 1.54) is 11.3 Å². The van der Waals surface area contributed by atoms with E-state index in [2.05, 4.69) is 42.5 Å². The third kappa shape index (κ3) is 3.94. The molecule has 0 bridgehead atoms. The number of amides is 1. The van der Waals surface area contributed by atoms with Gasteiger partial charge in [0.2, 0.25) is 5.91 Å². The Labute approximate surface area is 182 Å². The summed E-state index contributed by atoms with van der Waals surface area (Å²) in [5.74, 6) is 0.234. The number of hydrogen-bond acceptors (Lipinski definition) is 5. The van der Waals surface area contributed by atoms with Crippen LogP contribution in [0.25, 0.3) is 10.2 Å². The van der Waals surface area contributed by atoms with Gasteiger partial charge in [-0.15, -0.1) is 11.3 Å².